The number of halogens is 1. The van der Waals surface area contributed by atoms with Gasteiger partial charge in [0.05, 0.1) is 11.3 Å². The topological polar surface area (TPSA) is 55.9 Å². The fourth-order valence-corrected chi connectivity index (χ4v) is 5.05. The molecule has 4 rings (SSSR count). The second-order valence-electron chi connectivity index (χ2n) is 8.29. The molecule has 1 N–H and O–H groups in total. The summed E-state index contributed by atoms with van der Waals surface area (Å²) in [5.74, 6) is -0.321. The van der Waals surface area contributed by atoms with Gasteiger partial charge in [-0.1, -0.05) is 19.3 Å². The van der Waals surface area contributed by atoms with Crippen molar-refractivity contribution in [3.05, 3.63) is 46.4 Å². The SMILES string of the molecule is CN(c1ccc(NC(=O)N2CCN(C(=O)c3ccsc3)CC2)cc1F)C1CCCCC1. The third-order valence-corrected chi connectivity index (χ3v) is 7.01. The quantitative estimate of drug-likeness (QED) is 0.747. The molecule has 0 spiro atoms. The van der Waals surface area contributed by atoms with Gasteiger partial charge in [0.2, 0.25) is 0 Å². The number of anilines is 2. The maximum absolute atomic E-state index is 14.8. The van der Waals surface area contributed by atoms with E-state index in [1.54, 1.807) is 21.9 Å². The molecule has 0 radical (unpaired) electrons. The van der Waals surface area contributed by atoms with E-state index >= 15 is 0 Å². The lowest BCUT2D eigenvalue weighted by molar-refractivity contribution is 0.0672. The van der Waals surface area contributed by atoms with E-state index in [2.05, 4.69) is 5.32 Å². The molecule has 6 nitrogen and oxygen atoms in total. The predicted octanol–water partition coefficient (Wildman–Crippen LogP) is 4.65. The number of carbonyl (C=O) groups excluding carboxylic acids is 2. The fraction of sp³-hybridized carbons (Fsp3) is 0.478. The van der Waals surface area contributed by atoms with Gasteiger partial charge in [0.25, 0.3) is 5.91 Å². The van der Waals surface area contributed by atoms with Gasteiger partial charge in [0.1, 0.15) is 5.82 Å². The summed E-state index contributed by atoms with van der Waals surface area (Å²) >= 11 is 1.49. The first-order valence-corrected chi connectivity index (χ1v) is 11.9. The van der Waals surface area contributed by atoms with Crippen LogP contribution in [0.25, 0.3) is 0 Å². The molecule has 1 aliphatic heterocycles. The number of hydrogen-bond donors (Lipinski definition) is 1. The summed E-state index contributed by atoms with van der Waals surface area (Å²) in [5.41, 5.74) is 1.71. The van der Waals surface area contributed by atoms with Crippen LogP contribution in [0.15, 0.2) is 35.0 Å². The van der Waals surface area contributed by atoms with E-state index in [0.29, 0.717) is 49.2 Å². The number of urea groups is 1. The molecular weight excluding hydrogens is 415 g/mol. The third kappa shape index (κ3) is 5.01. The minimum absolute atomic E-state index is 0.000976. The highest BCUT2D eigenvalue weighted by Gasteiger charge is 2.25. The molecule has 2 aliphatic rings. The normalized spacial score (nSPS) is 17.5. The molecule has 1 aliphatic carbocycles. The molecule has 3 amide bonds. The van der Waals surface area contributed by atoms with Crippen LogP contribution in [0, 0.1) is 5.82 Å². The molecular formula is C23H29FN4O2S. The average Bonchev–Trinajstić information content (AvgIpc) is 3.34. The van der Waals surface area contributed by atoms with Crippen molar-refractivity contribution in [3.63, 3.8) is 0 Å². The second kappa shape index (κ2) is 9.68. The van der Waals surface area contributed by atoms with Gasteiger partial charge < -0.3 is 20.0 Å². The lowest BCUT2D eigenvalue weighted by Crippen LogP contribution is -2.51. The van der Waals surface area contributed by atoms with Crippen LogP contribution in [0.3, 0.4) is 0 Å². The van der Waals surface area contributed by atoms with Gasteiger partial charge in [0, 0.05) is 50.3 Å². The summed E-state index contributed by atoms with van der Waals surface area (Å²) in [4.78, 5) is 30.5. The number of amides is 3. The minimum atomic E-state index is -0.322. The number of hydrogen-bond acceptors (Lipinski definition) is 4. The van der Waals surface area contributed by atoms with E-state index in [-0.39, 0.29) is 17.8 Å². The number of thiophene rings is 1. The van der Waals surface area contributed by atoms with Crippen LogP contribution < -0.4 is 10.2 Å². The minimum Gasteiger partial charge on any atom is -0.369 e. The molecule has 0 atom stereocenters. The monoisotopic (exact) mass is 444 g/mol. The smallest absolute Gasteiger partial charge is 0.321 e. The molecule has 166 valence electrons. The lowest BCUT2D eigenvalue weighted by atomic mass is 9.94. The Balaban J connectivity index is 1.31. The van der Waals surface area contributed by atoms with Crippen molar-refractivity contribution in [1.82, 2.24) is 9.80 Å². The molecule has 1 aromatic carbocycles. The Labute approximate surface area is 186 Å². The Morgan fingerprint density at radius 2 is 1.77 bits per heavy atom. The zero-order chi connectivity index (χ0) is 21.8. The second-order valence-corrected chi connectivity index (χ2v) is 9.07. The summed E-state index contributed by atoms with van der Waals surface area (Å²) in [7, 11) is 1.95. The molecule has 31 heavy (non-hydrogen) atoms. The fourth-order valence-electron chi connectivity index (χ4n) is 4.42. The summed E-state index contributed by atoms with van der Waals surface area (Å²) in [6, 6.07) is 6.81. The van der Waals surface area contributed by atoms with E-state index in [1.165, 1.54) is 36.7 Å². The van der Waals surface area contributed by atoms with Gasteiger partial charge in [-0.25, -0.2) is 9.18 Å². The first kappa shape index (κ1) is 21.6. The van der Waals surface area contributed by atoms with Crippen molar-refractivity contribution in [3.8, 4) is 0 Å². The van der Waals surface area contributed by atoms with Crippen molar-refractivity contribution in [2.45, 2.75) is 38.1 Å². The van der Waals surface area contributed by atoms with Crippen LogP contribution in [0.2, 0.25) is 0 Å². The van der Waals surface area contributed by atoms with Crippen molar-refractivity contribution in [1.29, 1.82) is 0 Å². The van der Waals surface area contributed by atoms with Gasteiger partial charge in [-0.05, 0) is 42.5 Å². The van der Waals surface area contributed by atoms with Gasteiger partial charge in [0.15, 0.2) is 0 Å². The van der Waals surface area contributed by atoms with Gasteiger partial charge in [-0.15, -0.1) is 0 Å². The Kier molecular flexibility index (Phi) is 6.75. The Hall–Kier alpha value is -2.61. The van der Waals surface area contributed by atoms with Crippen molar-refractivity contribution in [2.75, 3.05) is 43.4 Å². The van der Waals surface area contributed by atoms with Crippen LogP contribution in [0.5, 0.6) is 0 Å². The lowest BCUT2D eigenvalue weighted by Gasteiger charge is -2.35. The van der Waals surface area contributed by atoms with Crippen LogP contribution in [-0.4, -0.2) is 61.0 Å². The van der Waals surface area contributed by atoms with E-state index < -0.39 is 0 Å². The predicted molar refractivity (Wildman–Crippen MR) is 122 cm³/mol. The molecule has 0 unspecified atom stereocenters. The largest absolute Gasteiger partial charge is 0.369 e. The van der Waals surface area contributed by atoms with Crippen molar-refractivity contribution in [2.24, 2.45) is 0 Å². The summed E-state index contributed by atoms with van der Waals surface area (Å²) in [6.07, 6.45) is 5.83. The van der Waals surface area contributed by atoms with Gasteiger partial charge in [-0.2, -0.15) is 11.3 Å². The van der Waals surface area contributed by atoms with Gasteiger partial charge in [-0.3, -0.25) is 4.79 Å². The highest BCUT2D eigenvalue weighted by Crippen LogP contribution is 2.29. The van der Waals surface area contributed by atoms with Crippen LogP contribution in [0.4, 0.5) is 20.6 Å². The summed E-state index contributed by atoms with van der Waals surface area (Å²) in [5, 5.41) is 6.52. The number of nitrogens with zero attached hydrogens (tertiary/aromatic N) is 3. The maximum Gasteiger partial charge on any atom is 0.321 e. The molecule has 1 aromatic heterocycles. The van der Waals surface area contributed by atoms with Crippen molar-refractivity contribution < 1.29 is 14.0 Å². The Bertz CT molecular complexity index is 906. The first-order chi connectivity index (χ1) is 15.0. The average molecular weight is 445 g/mol. The number of nitrogens with one attached hydrogen (secondary N) is 1. The number of carbonyl (C=O) groups is 2. The Morgan fingerprint density at radius 1 is 1.06 bits per heavy atom. The van der Waals surface area contributed by atoms with E-state index in [9.17, 15) is 14.0 Å². The zero-order valence-electron chi connectivity index (χ0n) is 17.8. The highest BCUT2D eigenvalue weighted by atomic mass is 32.1. The van der Waals surface area contributed by atoms with Crippen LogP contribution in [-0.2, 0) is 0 Å². The molecule has 2 aromatic rings. The molecule has 2 fully saturated rings. The molecule has 0 bridgehead atoms. The van der Waals surface area contributed by atoms with Crippen molar-refractivity contribution >= 4 is 34.6 Å². The standard InChI is InChI=1S/C23H29FN4O2S/c1-26(19-5-3-2-4-6-19)21-8-7-18(15-20(21)24)25-23(30)28-12-10-27(11-13-28)22(29)17-9-14-31-16-17/h7-9,14-16,19H,2-6,10-13H2,1H3,(H,25,30). The summed E-state index contributed by atoms with van der Waals surface area (Å²) < 4.78 is 14.8. The number of benzene rings is 1. The highest BCUT2D eigenvalue weighted by molar-refractivity contribution is 7.08. The van der Waals surface area contributed by atoms with Crippen LogP contribution >= 0.6 is 11.3 Å². The Morgan fingerprint density at radius 3 is 2.42 bits per heavy atom. The molecule has 2 heterocycles. The maximum atomic E-state index is 14.8. The molecule has 1 saturated heterocycles. The number of rotatable bonds is 4. The molecule has 1 saturated carbocycles. The van der Waals surface area contributed by atoms with Crippen LogP contribution in [0.1, 0.15) is 42.5 Å². The van der Waals surface area contributed by atoms with E-state index in [0.717, 1.165) is 12.8 Å². The third-order valence-electron chi connectivity index (χ3n) is 6.32. The van der Waals surface area contributed by atoms with Gasteiger partial charge >= 0.3 is 6.03 Å². The van der Waals surface area contributed by atoms with E-state index in [1.807, 2.05) is 28.8 Å². The summed E-state index contributed by atoms with van der Waals surface area (Å²) in [6.45, 7) is 1.88. The first-order valence-electron chi connectivity index (χ1n) is 10.9. The molecule has 8 heteroatoms. The number of piperazine rings is 1. The van der Waals surface area contributed by atoms with E-state index in [4.69, 9.17) is 0 Å². The zero-order valence-corrected chi connectivity index (χ0v) is 18.7.